The molecule has 0 aromatic heterocycles. The highest BCUT2D eigenvalue weighted by Crippen LogP contribution is 2.16. The fourth-order valence-electron chi connectivity index (χ4n) is 0.820. The summed E-state index contributed by atoms with van der Waals surface area (Å²) >= 11 is 0. The number of anilines is 2. The Morgan fingerprint density at radius 1 is 1.31 bits per heavy atom. The summed E-state index contributed by atoms with van der Waals surface area (Å²) in [6, 6.07) is 4.63. The molecule has 4 nitrogen and oxygen atoms in total. The maximum atomic E-state index is 11.0. The first-order valence-corrected chi connectivity index (χ1v) is 3.38. The molecule has 0 spiro atoms. The molecule has 0 saturated heterocycles. The molecule has 72 valence electrons. The summed E-state index contributed by atoms with van der Waals surface area (Å²) in [6.07, 6.45) is 0. The lowest BCUT2D eigenvalue weighted by atomic mass is 10.2. The van der Waals surface area contributed by atoms with Crippen molar-refractivity contribution in [3.8, 4) is 0 Å². The molecule has 13 heavy (non-hydrogen) atoms. The monoisotopic (exact) mass is 200 g/mol. The molecule has 0 saturated carbocycles. The standard InChI is InChI=1S/C8H10N2O2.H3P/c1-12-8(11)5-2-3-6(9)7(10)4-5;/h2-4H,9-10H2,1H3;1H3. The van der Waals surface area contributed by atoms with E-state index in [0.717, 1.165) is 0 Å². The molecular formula is C8H13N2O2P. The summed E-state index contributed by atoms with van der Waals surface area (Å²) in [5.41, 5.74) is 12.2. The SMILES string of the molecule is COC(=O)c1ccc(N)c(N)c1.P. The number of methoxy groups -OCH3 is 1. The van der Waals surface area contributed by atoms with Crippen LogP contribution in [0.5, 0.6) is 0 Å². The van der Waals surface area contributed by atoms with E-state index in [0.29, 0.717) is 16.9 Å². The smallest absolute Gasteiger partial charge is 0.337 e. The number of benzene rings is 1. The van der Waals surface area contributed by atoms with Crippen molar-refractivity contribution in [2.45, 2.75) is 0 Å². The van der Waals surface area contributed by atoms with E-state index in [1.165, 1.54) is 13.2 Å². The van der Waals surface area contributed by atoms with Crippen molar-refractivity contribution in [1.29, 1.82) is 0 Å². The highest BCUT2D eigenvalue weighted by molar-refractivity contribution is 6.92. The van der Waals surface area contributed by atoms with Crippen LogP contribution in [0.4, 0.5) is 11.4 Å². The third-order valence-electron chi connectivity index (χ3n) is 1.51. The van der Waals surface area contributed by atoms with Crippen molar-refractivity contribution in [1.82, 2.24) is 0 Å². The third-order valence-corrected chi connectivity index (χ3v) is 1.51. The Morgan fingerprint density at radius 2 is 1.92 bits per heavy atom. The molecule has 0 aliphatic rings. The van der Waals surface area contributed by atoms with E-state index >= 15 is 0 Å². The lowest BCUT2D eigenvalue weighted by Gasteiger charge is -2.02. The summed E-state index contributed by atoms with van der Waals surface area (Å²) < 4.78 is 4.50. The molecule has 0 aliphatic heterocycles. The van der Waals surface area contributed by atoms with E-state index in [4.69, 9.17) is 11.5 Å². The topological polar surface area (TPSA) is 78.3 Å². The normalized spacial score (nSPS) is 8.69. The first-order valence-electron chi connectivity index (χ1n) is 3.38. The number of ether oxygens (including phenoxy) is 1. The Kier molecular flexibility index (Phi) is 4.21. The van der Waals surface area contributed by atoms with Gasteiger partial charge in [-0.1, -0.05) is 0 Å². The molecule has 4 N–H and O–H groups in total. The van der Waals surface area contributed by atoms with Crippen LogP contribution in [-0.4, -0.2) is 13.1 Å². The van der Waals surface area contributed by atoms with Crippen molar-refractivity contribution in [3.63, 3.8) is 0 Å². The van der Waals surface area contributed by atoms with Crippen LogP contribution in [0, 0.1) is 0 Å². The van der Waals surface area contributed by atoms with Crippen LogP contribution in [0.25, 0.3) is 0 Å². The highest BCUT2D eigenvalue weighted by Gasteiger charge is 2.05. The van der Waals surface area contributed by atoms with E-state index in [1.54, 1.807) is 12.1 Å². The fraction of sp³-hybridized carbons (Fsp3) is 0.125. The average molecular weight is 200 g/mol. The van der Waals surface area contributed by atoms with Crippen molar-refractivity contribution >= 4 is 27.2 Å². The van der Waals surface area contributed by atoms with Crippen LogP contribution >= 0.6 is 9.90 Å². The Morgan fingerprint density at radius 3 is 2.38 bits per heavy atom. The first kappa shape index (κ1) is 11.7. The van der Waals surface area contributed by atoms with Gasteiger partial charge in [0.2, 0.25) is 0 Å². The zero-order chi connectivity index (χ0) is 9.14. The van der Waals surface area contributed by atoms with Gasteiger partial charge in [0.15, 0.2) is 0 Å². The zero-order valence-electron chi connectivity index (χ0n) is 7.41. The van der Waals surface area contributed by atoms with Gasteiger partial charge in [0.05, 0.1) is 24.0 Å². The molecule has 1 rings (SSSR count). The maximum absolute atomic E-state index is 11.0. The van der Waals surface area contributed by atoms with Gasteiger partial charge in [-0.25, -0.2) is 4.79 Å². The molecule has 0 amide bonds. The van der Waals surface area contributed by atoms with E-state index in [9.17, 15) is 4.79 Å². The van der Waals surface area contributed by atoms with Gasteiger partial charge in [0.1, 0.15) is 0 Å². The summed E-state index contributed by atoms with van der Waals surface area (Å²) in [7, 11) is 1.31. The molecule has 0 fully saturated rings. The number of nitrogens with two attached hydrogens (primary N) is 2. The minimum atomic E-state index is -0.415. The number of esters is 1. The summed E-state index contributed by atoms with van der Waals surface area (Å²) in [6.45, 7) is 0. The van der Waals surface area contributed by atoms with Crippen molar-refractivity contribution < 1.29 is 9.53 Å². The van der Waals surface area contributed by atoms with Gasteiger partial charge in [-0.2, -0.15) is 9.90 Å². The van der Waals surface area contributed by atoms with Crippen LogP contribution in [0.1, 0.15) is 10.4 Å². The van der Waals surface area contributed by atoms with E-state index < -0.39 is 5.97 Å². The minimum Gasteiger partial charge on any atom is -0.465 e. The molecular weight excluding hydrogens is 187 g/mol. The number of hydrogen-bond donors (Lipinski definition) is 2. The second kappa shape index (κ2) is 4.67. The van der Waals surface area contributed by atoms with Crippen LogP contribution in [0.2, 0.25) is 0 Å². The number of carbonyl (C=O) groups excluding carboxylic acids is 1. The zero-order valence-corrected chi connectivity index (χ0v) is 8.82. The number of hydrogen-bond acceptors (Lipinski definition) is 4. The fourth-order valence-corrected chi connectivity index (χ4v) is 0.820. The second-order valence-corrected chi connectivity index (χ2v) is 2.34. The molecule has 1 aromatic rings. The Labute approximate surface area is 79.9 Å². The largest absolute Gasteiger partial charge is 0.465 e. The molecule has 1 aromatic carbocycles. The van der Waals surface area contributed by atoms with Gasteiger partial charge in [-0.15, -0.1) is 0 Å². The van der Waals surface area contributed by atoms with Gasteiger partial charge in [0, 0.05) is 0 Å². The lowest BCUT2D eigenvalue weighted by molar-refractivity contribution is 0.0601. The predicted octanol–water partition coefficient (Wildman–Crippen LogP) is 0.696. The molecule has 0 heterocycles. The average Bonchev–Trinajstić information content (AvgIpc) is 2.08. The number of nitrogen functional groups attached to an aromatic ring is 2. The Hall–Kier alpha value is -1.28. The van der Waals surface area contributed by atoms with E-state index in [-0.39, 0.29) is 9.90 Å². The first-order chi connectivity index (χ1) is 5.65. The summed E-state index contributed by atoms with van der Waals surface area (Å²) in [5, 5.41) is 0. The number of carbonyl (C=O) groups is 1. The summed E-state index contributed by atoms with van der Waals surface area (Å²) in [4.78, 5) is 11.0. The third kappa shape index (κ3) is 2.60. The Balaban J connectivity index is 0.00000144. The maximum Gasteiger partial charge on any atom is 0.337 e. The molecule has 1 atom stereocenters. The molecule has 1 unspecified atom stereocenters. The molecule has 0 radical (unpaired) electrons. The van der Waals surface area contributed by atoms with Crippen molar-refractivity contribution in [2.24, 2.45) is 0 Å². The van der Waals surface area contributed by atoms with Gasteiger partial charge in [-0.05, 0) is 18.2 Å². The van der Waals surface area contributed by atoms with Crippen molar-refractivity contribution in [2.75, 3.05) is 18.6 Å². The predicted molar refractivity (Wildman–Crippen MR) is 57.7 cm³/mol. The van der Waals surface area contributed by atoms with Crippen LogP contribution in [0.3, 0.4) is 0 Å². The second-order valence-electron chi connectivity index (χ2n) is 2.34. The van der Waals surface area contributed by atoms with Crippen LogP contribution in [-0.2, 0) is 4.74 Å². The van der Waals surface area contributed by atoms with Crippen molar-refractivity contribution in [3.05, 3.63) is 23.8 Å². The Bertz CT molecular complexity index is 315. The van der Waals surface area contributed by atoms with Gasteiger partial charge >= 0.3 is 5.97 Å². The van der Waals surface area contributed by atoms with Gasteiger partial charge < -0.3 is 16.2 Å². The number of rotatable bonds is 1. The molecule has 0 aliphatic carbocycles. The van der Waals surface area contributed by atoms with E-state index in [2.05, 4.69) is 4.74 Å². The van der Waals surface area contributed by atoms with Gasteiger partial charge in [0.25, 0.3) is 0 Å². The molecule has 5 heteroatoms. The van der Waals surface area contributed by atoms with E-state index in [1.807, 2.05) is 0 Å². The minimum absolute atomic E-state index is 0. The van der Waals surface area contributed by atoms with Crippen LogP contribution in [0.15, 0.2) is 18.2 Å². The molecule has 0 bridgehead atoms. The lowest BCUT2D eigenvalue weighted by Crippen LogP contribution is -2.03. The van der Waals surface area contributed by atoms with Crippen LogP contribution < -0.4 is 11.5 Å². The quantitative estimate of drug-likeness (QED) is 0.397. The highest BCUT2D eigenvalue weighted by atomic mass is 31.0. The summed E-state index contributed by atoms with van der Waals surface area (Å²) in [5.74, 6) is -0.415. The van der Waals surface area contributed by atoms with Gasteiger partial charge in [-0.3, -0.25) is 0 Å².